The van der Waals surface area contributed by atoms with Gasteiger partial charge in [0.1, 0.15) is 0 Å². The zero-order valence-electron chi connectivity index (χ0n) is 5.93. The lowest BCUT2D eigenvalue weighted by atomic mass is 10.7. The molecule has 0 aromatic heterocycles. The minimum absolute atomic E-state index is 2.20. The topological polar surface area (TPSA) is 63.6 Å². The van der Waals surface area contributed by atoms with Crippen molar-refractivity contribution in [3.63, 3.8) is 0 Å². The van der Waals surface area contributed by atoms with E-state index < -0.39 is 28.1 Å². The fraction of sp³-hybridized carbons (Fsp3) is 1.00. The van der Waals surface area contributed by atoms with Gasteiger partial charge in [0.25, 0.3) is 5.44 Å². The summed E-state index contributed by atoms with van der Waals surface area (Å²) in [5, 5.41) is 0. The van der Waals surface area contributed by atoms with E-state index in [-0.39, 0.29) is 0 Å². The van der Waals surface area contributed by atoms with Crippen LogP contribution in [0.3, 0.4) is 0 Å². The van der Waals surface area contributed by atoms with Gasteiger partial charge in [0.2, 0.25) is 0 Å². The van der Waals surface area contributed by atoms with Crippen molar-refractivity contribution < 1.29 is 44.0 Å². The largest absolute Gasteiger partial charge is 0.524 e. The van der Waals surface area contributed by atoms with Gasteiger partial charge in [-0.05, 0) is 0 Å². The first kappa shape index (κ1) is 13.4. The molecule has 0 rings (SSSR count). The third kappa shape index (κ3) is 4.62. The minimum Gasteiger partial charge on any atom is -0.283 e. The lowest BCUT2D eigenvalue weighted by Gasteiger charge is -2.18. The van der Waals surface area contributed by atoms with Crippen molar-refractivity contribution in [1.29, 1.82) is 0 Å². The average molecular weight is 248 g/mol. The van der Waals surface area contributed by atoms with Crippen LogP contribution in [0.25, 0.3) is 0 Å². The van der Waals surface area contributed by atoms with Gasteiger partial charge < -0.3 is 0 Å². The van der Waals surface area contributed by atoms with Crippen LogP contribution in [-0.2, 0) is 14.9 Å². The summed E-state index contributed by atoms with van der Waals surface area (Å²) in [5.41, 5.74) is -4.32. The van der Waals surface area contributed by atoms with E-state index in [2.05, 4.69) is 4.74 Å². The monoisotopic (exact) mass is 248 g/mol. The number of ether oxygens (including phenoxy) is 1. The smallest absolute Gasteiger partial charge is 0.283 e. The molecule has 1 N–H and O–H groups in total. The summed E-state index contributed by atoms with van der Waals surface area (Å²) in [4.78, 5) is 0. The number of halogens is 6. The van der Waals surface area contributed by atoms with Crippen LogP contribution in [0.2, 0.25) is 0 Å². The Morgan fingerprint density at radius 3 is 1.50 bits per heavy atom. The third-order valence-electron chi connectivity index (χ3n) is 0.778. The van der Waals surface area contributed by atoms with Gasteiger partial charge in [-0.3, -0.25) is 9.29 Å². The summed E-state index contributed by atoms with van der Waals surface area (Å²) in [6, 6.07) is 0. The van der Waals surface area contributed by atoms with Crippen LogP contribution in [0.1, 0.15) is 0 Å². The van der Waals surface area contributed by atoms with Gasteiger partial charge in [0.05, 0.1) is 0 Å². The molecule has 0 spiro atoms. The lowest BCUT2D eigenvalue weighted by Crippen LogP contribution is -2.42. The molecule has 0 aliphatic heterocycles. The van der Waals surface area contributed by atoms with Crippen LogP contribution >= 0.6 is 0 Å². The Kier molecular flexibility index (Phi) is 3.41. The highest BCUT2D eigenvalue weighted by atomic mass is 32.2. The molecule has 1 unspecified atom stereocenters. The average Bonchev–Trinajstić information content (AvgIpc) is 1.75. The normalized spacial score (nSPS) is 16.8. The molecule has 0 fully saturated rings. The summed E-state index contributed by atoms with van der Waals surface area (Å²) in [6.07, 6.45) is -11.7. The molecular weight excluding hydrogens is 246 g/mol. The fourth-order valence-corrected chi connectivity index (χ4v) is 0.986. The number of hydrogen-bond donors (Lipinski definition) is 1. The van der Waals surface area contributed by atoms with Crippen molar-refractivity contribution >= 4 is 10.1 Å². The summed E-state index contributed by atoms with van der Waals surface area (Å²) in [7, 11) is -6.02. The molecule has 0 bridgehead atoms. The summed E-state index contributed by atoms with van der Waals surface area (Å²) in [6.45, 7) is 0. The Labute approximate surface area is 73.2 Å². The first-order valence-corrected chi connectivity index (χ1v) is 4.12. The van der Waals surface area contributed by atoms with Crippen molar-refractivity contribution in [3.8, 4) is 0 Å². The van der Waals surface area contributed by atoms with Gasteiger partial charge >= 0.3 is 22.7 Å². The minimum atomic E-state index is -6.02. The van der Waals surface area contributed by atoms with Crippen molar-refractivity contribution in [2.24, 2.45) is 0 Å². The lowest BCUT2D eigenvalue weighted by molar-refractivity contribution is -0.363. The van der Waals surface area contributed by atoms with Crippen molar-refractivity contribution in [2.75, 3.05) is 0 Å². The van der Waals surface area contributed by atoms with Gasteiger partial charge in [-0.25, -0.2) is 0 Å². The molecule has 0 amide bonds. The maximum absolute atomic E-state index is 11.6. The molecule has 86 valence electrons. The highest BCUT2D eigenvalue weighted by Gasteiger charge is 2.55. The quantitative estimate of drug-likeness (QED) is 0.591. The predicted octanol–water partition coefficient (Wildman–Crippen LogP) is 1.30. The third-order valence-corrected chi connectivity index (χ3v) is 1.68. The number of rotatable bonds is 2. The van der Waals surface area contributed by atoms with Crippen LogP contribution in [-0.4, -0.2) is 30.9 Å². The predicted molar refractivity (Wildman–Crippen MR) is 28.5 cm³/mol. The SMILES string of the molecule is O=S(=O)(O)C(OC(F)(F)F)C(F)(F)F. The maximum Gasteiger partial charge on any atom is 0.524 e. The molecule has 0 saturated heterocycles. The van der Waals surface area contributed by atoms with E-state index in [4.69, 9.17) is 4.55 Å². The first-order chi connectivity index (χ1) is 5.84. The number of hydrogen-bond acceptors (Lipinski definition) is 3. The van der Waals surface area contributed by atoms with E-state index in [0.717, 1.165) is 0 Å². The Bertz CT molecular complexity index is 287. The van der Waals surface area contributed by atoms with Gasteiger partial charge in [0, 0.05) is 0 Å². The van der Waals surface area contributed by atoms with E-state index in [1.54, 1.807) is 0 Å². The van der Waals surface area contributed by atoms with Crippen LogP contribution in [0.5, 0.6) is 0 Å². The standard InChI is InChI=1S/C3H2F6O4S/c4-2(5,6)1(14(10,11)12)13-3(7,8)9/h1H,(H,10,11,12). The van der Waals surface area contributed by atoms with Gasteiger partial charge in [-0.15, -0.1) is 13.2 Å². The second-order valence-electron chi connectivity index (χ2n) is 1.95. The molecule has 0 aliphatic rings. The molecule has 0 heterocycles. The van der Waals surface area contributed by atoms with E-state index in [0.29, 0.717) is 0 Å². The summed E-state index contributed by atoms with van der Waals surface area (Å²) < 4.78 is 98.3. The van der Waals surface area contributed by atoms with Crippen LogP contribution in [0.4, 0.5) is 26.3 Å². The fourth-order valence-electron chi connectivity index (χ4n) is 0.418. The molecule has 0 aliphatic carbocycles. The van der Waals surface area contributed by atoms with E-state index in [1.807, 2.05) is 0 Å². The van der Waals surface area contributed by atoms with Crippen LogP contribution in [0, 0.1) is 0 Å². The Morgan fingerprint density at radius 2 is 1.43 bits per heavy atom. The first-order valence-electron chi connectivity index (χ1n) is 2.61. The molecular formula is C3H2F6O4S. The number of alkyl halides is 6. The molecule has 14 heavy (non-hydrogen) atoms. The second-order valence-corrected chi connectivity index (χ2v) is 3.41. The van der Waals surface area contributed by atoms with Gasteiger partial charge in [0.15, 0.2) is 0 Å². The second kappa shape index (κ2) is 3.55. The van der Waals surface area contributed by atoms with Crippen molar-refractivity contribution in [1.82, 2.24) is 0 Å². The molecule has 0 aromatic rings. The zero-order valence-corrected chi connectivity index (χ0v) is 6.74. The molecule has 11 heteroatoms. The van der Waals surface area contributed by atoms with Crippen LogP contribution < -0.4 is 0 Å². The van der Waals surface area contributed by atoms with Crippen LogP contribution in [0.15, 0.2) is 0 Å². The molecule has 1 atom stereocenters. The van der Waals surface area contributed by atoms with E-state index >= 15 is 0 Å². The van der Waals surface area contributed by atoms with E-state index in [1.165, 1.54) is 0 Å². The molecule has 0 aromatic carbocycles. The van der Waals surface area contributed by atoms with Gasteiger partial charge in [-0.1, -0.05) is 0 Å². The summed E-state index contributed by atoms with van der Waals surface area (Å²) >= 11 is 0. The molecule has 0 radical (unpaired) electrons. The molecule has 0 saturated carbocycles. The zero-order chi connectivity index (χ0) is 11.8. The maximum atomic E-state index is 11.6. The van der Waals surface area contributed by atoms with Gasteiger partial charge in [-0.2, -0.15) is 21.6 Å². The van der Waals surface area contributed by atoms with Crippen molar-refractivity contribution in [2.45, 2.75) is 18.0 Å². The summed E-state index contributed by atoms with van der Waals surface area (Å²) in [5.74, 6) is 0. The Morgan fingerprint density at radius 1 is 1.07 bits per heavy atom. The highest BCUT2D eigenvalue weighted by Crippen LogP contribution is 2.31. The highest BCUT2D eigenvalue weighted by molar-refractivity contribution is 7.86. The van der Waals surface area contributed by atoms with Crippen molar-refractivity contribution in [3.05, 3.63) is 0 Å². The Hall–Kier alpha value is -0.550. The Balaban J connectivity index is 4.98. The molecule has 4 nitrogen and oxygen atoms in total. The van der Waals surface area contributed by atoms with E-state index in [9.17, 15) is 34.8 Å².